The first kappa shape index (κ1) is 21.7. The van der Waals surface area contributed by atoms with Gasteiger partial charge in [0.05, 0.1) is 38.5 Å². The van der Waals surface area contributed by atoms with Crippen molar-refractivity contribution >= 4 is 15.9 Å². The predicted molar refractivity (Wildman–Crippen MR) is 116 cm³/mol. The molecule has 0 aromatic heterocycles. The molecule has 2 N–H and O–H groups in total. The summed E-state index contributed by atoms with van der Waals surface area (Å²) in [6.45, 7) is 6.51. The second-order valence-corrected chi connectivity index (χ2v) is 8.17. The number of piperazine rings is 1. The van der Waals surface area contributed by atoms with Gasteiger partial charge in [-0.25, -0.2) is 0 Å². The van der Waals surface area contributed by atoms with Crippen molar-refractivity contribution in [3.63, 3.8) is 0 Å². The zero-order valence-electron chi connectivity index (χ0n) is 17.6. The van der Waals surface area contributed by atoms with Crippen molar-refractivity contribution in [1.29, 1.82) is 0 Å². The predicted octanol–water partition coefficient (Wildman–Crippen LogP) is 0.967. The molecule has 2 aromatic rings. The number of rotatable bonds is 8. The third-order valence-corrected chi connectivity index (χ3v) is 6.18. The van der Waals surface area contributed by atoms with Crippen LogP contribution < -0.4 is 28.7 Å². The van der Waals surface area contributed by atoms with Gasteiger partial charge in [0.25, 0.3) is 0 Å². The van der Waals surface area contributed by atoms with Crippen LogP contribution in [-0.4, -0.2) is 54.6 Å². The number of methoxy groups -OCH3 is 4. The Hall–Kier alpha value is -1.96. The minimum absolute atomic E-state index is 0.668. The van der Waals surface area contributed by atoms with Gasteiger partial charge < -0.3 is 28.7 Å². The van der Waals surface area contributed by atoms with E-state index >= 15 is 0 Å². The Morgan fingerprint density at radius 1 is 0.724 bits per heavy atom. The molecule has 0 aliphatic carbocycles. The van der Waals surface area contributed by atoms with Crippen LogP contribution in [0.5, 0.6) is 23.0 Å². The maximum Gasteiger partial charge on any atom is 0.203 e. The summed E-state index contributed by atoms with van der Waals surface area (Å²) in [6.07, 6.45) is 0. The lowest BCUT2D eigenvalue weighted by molar-refractivity contribution is -1.02. The second kappa shape index (κ2) is 10.2. The zero-order valence-corrected chi connectivity index (χ0v) is 19.2. The molecule has 1 saturated heterocycles. The lowest BCUT2D eigenvalue weighted by Crippen LogP contribution is -3.27. The largest absolute Gasteiger partial charge is 0.496 e. The molecule has 3 rings (SSSR count). The Morgan fingerprint density at radius 2 is 1.31 bits per heavy atom. The Balaban J connectivity index is 1.59. The first-order valence-corrected chi connectivity index (χ1v) is 10.7. The normalized spacial score (nSPS) is 18.9. The highest BCUT2D eigenvalue weighted by atomic mass is 79.9. The molecule has 0 unspecified atom stereocenters. The van der Waals surface area contributed by atoms with Gasteiger partial charge >= 0.3 is 0 Å². The van der Waals surface area contributed by atoms with Gasteiger partial charge in [-0.1, -0.05) is 0 Å². The summed E-state index contributed by atoms with van der Waals surface area (Å²) < 4.78 is 22.9. The second-order valence-electron chi connectivity index (χ2n) is 7.32. The molecule has 1 heterocycles. The van der Waals surface area contributed by atoms with Gasteiger partial charge in [-0.15, -0.1) is 0 Å². The van der Waals surface area contributed by atoms with E-state index in [1.165, 1.54) is 5.56 Å². The van der Waals surface area contributed by atoms with Crippen molar-refractivity contribution in [2.45, 2.75) is 13.1 Å². The highest BCUT2D eigenvalue weighted by Gasteiger charge is 2.26. The number of ether oxygens (including phenoxy) is 4. The fraction of sp³-hybridized carbons (Fsp3) is 0.455. The van der Waals surface area contributed by atoms with Crippen LogP contribution in [0.25, 0.3) is 0 Å². The van der Waals surface area contributed by atoms with E-state index in [9.17, 15) is 0 Å². The highest BCUT2D eigenvalue weighted by Crippen LogP contribution is 2.39. The summed E-state index contributed by atoms with van der Waals surface area (Å²) in [7, 11) is 6.67. The molecular formula is C22H31BrN2O4+2. The van der Waals surface area contributed by atoms with Crippen LogP contribution in [0.4, 0.5) is 0 Å². The molecule has 158 valence electrons. The molecule has 6 nitrogen and oxygen atoms in total. The average molecular weight is 467 g/mol. The Morgan fingerprint density at radius 3 is 1.86 bits per heavy atom. The number of hydrogen-bond donors (Lipinski definition) is 2. The van der Waals surface area contributed by atoms with Gasteiger partial charge in [0.1, 0.15) is 45.0 Å². The standard InChI is InChI=1S/C22H29BrN2O4/c1-26-19-7-5-16(13-18(19)23)14-24-9-11-25(12-10-24)15-17-6-8-20(27-2)22(29-4)21(17)28-3/h5-8,13H,9-12,14-15H2,1-4H3/p+2. The van der Waals surface area contributed by atoms with Crippen LogP contribution in [-0.2, 0) is 13.1 Å². The molecule has 0 saturated carbocycles. The Bertz CT molecular complexity index is 823. The van der Waals surface area contributed by atoms with Crippen molar-refractivity contribution < 1.29 is 28.7 Å². The van der Waals surface area contributed by atoms with Crippen LogP contribution in [0, 0.1) is 0 Å². The quantitative estimate of drug-likeness (QED) is 0.608. The van der Waals surface area contributed by atoms with E-state index in [4.69, 9.17) is 18.9 Å². The van der Waals surface area contributed by atoms with Crippen LogP contribution in [0.1, 0.15) is 11.1 Å². The minimum atomic E-state index is 0.668. The van der Waals surface area contributed by atoms with Gasteiger partial charge in [0, 0.05) is 5.56 Å². The third-order valence-electron chi connectivity index (χ3n) is 5.56. The van der Waals surface area contributed by atoms with Crippen LogP contribution in [0.2, 0.25) is 0 Å². The van der Waals surface area contributed by atoms with Crippen molar-refractivity contribution in [2.75, 3.05) is 54.6 Å². The Labute approximate surface area is 181 Å². The summed E-state index contributed by atoms with van der Waals surface area (Å²) in [6, 6.07) is 10.4. The van der Waals surface area contributed by atoms with E-state index in [0.717, 1.165) is 60.8 Å². The van der Waals surface area contributed by atoms with E-state index in [2.05, 4.69) is 34.1 Å². The minimum Gasteiger partial charge on any atom is -0.496 e. The summed E-state index contributed by atoms with van der Waals surface area (Å²) in [4.78, 5) is 3.18. The van der Waals surface area contributed by atoms with E-state index in [1.807, 2.05) is 12.1 Å². The maximum absolute atomic E-state index is 5.64. The summed E-state index contributed by atoms with van der Waals surface area (Å²) in [5.74, 6) is 3.02. The number of halogens is 1. The van der Waals surface area contributed by atoms with E-state index in [-0.39, 0.29) is 0 Å². The van der Waals surface area contributed by atoms with Gasteiger partial charge in [-0.2, -0.15) is 0 Å². The molecule has 1 aliphatic heterocycles. The summed E-state index contributed by atoms with van der Waals surface area (Å²) >= 11 is 3.58. The van der Waals surface area contributed by atoms with Crippen LogP contribution in [0.3, 0.4) is 0 Å². The summed E-state index contributed by atoms with van der Waals surface area (Å²) in [5.41, 5.74) is 2.49. The smallest absolute Gasteiger partial charge is 0.203 e. The lowest BCUT2D eigenvalue weighted by atomic mass is 10.1. The topological polar surface area (TPSA) is 45.8 Å². The van der Waals surface area contributed by atoms with Crippen molar-refractivity contribution in [2.24, 2.45) is 0 Å². The first-order chi connectivity index (χ1) is 14.1. The van der Waals surface area contributed by atoms with Crippen LogP contribution >= 0.6 is 15.9 Å². The summed E-state index contributed by atoms with van der Waals surface area (Å²) in [5, 5.41) is 0. The zero-order chi connectivity index (χ0) is 20.8. The molecule has 1 aliphatic rings. The molecule has 0 spiro atoms. The molecule has 2 aromatic carbocycles. The molecule has 7 heteroatoms. The SMILES string of the molecule is COc1ccc(C[NH+]2CC[NH+](Cc3ccc(OC)c(OC)c3OC)CC2)cc1Br. The van der Waals surface area contributed by atoms with E-state index in [1.54, 1.807) is 38.2 Å². The van der Waals surface area contributed by atoms with Gasteiger partial charge in [0.2, 0.25) is 5.75 Å². The molecule has 0 bridgehead atoms. The van der Waals surface area contributed by atoms with Gasteiger partial charge in [0.15, 0.2) is 11.5 Å². The molecule has 0 amide bonds. The number of nitrogens with one attached hydrogen (secondary N) is 2. The monoisotopic (exact) mass is 466 g/mol. The molecular weight excluding hydrogens is 436 g/mol. The highest BCUT2D eigenvalue weighted by molar-refractivity contribution is 9.10. The molecule has 1 fully saturated rings. The number of benzene rings is 2. The molecule has 0 atom stereocenters. The van der Waals surface area contributed by atoms with Gasteiger partial charge in [-0.3, -0.25) is 0 Å². The van der Waals surface area contributed by atoms with E-state index < -0.39 is 0 Å². The average Bonchev–Trinajstić information content (AvgIpc) is 2.74. The third kappa shape index (κ3) is 5.15. The first-order valence-electron chi connectivity index (χ1n) is 9.87. The van der Waals surface area contributed by atoms with Crippen molar-refractivity contribution in [3.05, 3.63) is 45.9 Å². The number of hydrogen-bond acceptors (Lipinski definition) is 4. The lowest BCUT2D eigenvalue weighted by Gasteiger charge is -2.30. The van der Waals surface area contributed by atoms with Crippen molar-refractivity contribution in [1.82, 2.24) is 0 Å². The molecule has 0 radical (unpaired) electrons. The molecule has 29 heavy (non-hydrogen) atoms. The van der Waals surface area contributed by atoms with Gasteiger partial charge in [-0.05, 0) is 46.3 Å². The van der Waals surface area contributed by atoms with Crippen LogP contribution in [0.15, 0.2) is 34.8 Å². The fourth-order valence-electron chi connectivity index (χ4n) is 3.99. The van der Waals surface area contributed by atoms with Crippen molar-refractivity contribution in [3.8, 4) is 23.0 Å². The number of quaternary nitrogens is 2. The fourth-order valence-corrected chi connectivity index (χ4v) is 4.58. The Kier molecular flexibility index (Phi) is 7.64. The maximum atomic E-state index is 5.64. The van der Waals surface area contributed by atoms with E-state index in [0.29, 0.717) is 11.5 Å².